The van der Waals surface area contributed by atoms with Gasteiger partial charge in [0.2, 0.25) is 0 Å². The molecule has 0 radical (unpaired) electrons. The molecule has 0 N–H and O–H groups in total. The molecule has 1 rings (SSSR count). The molecule has 1 unspecified atom stereocenters. The fraction of sp³-hybridized carbons (Fsp3) is 0.143. The first-order valence-electron chi connectivity index (χ1n) is 2.98. The number of imide groups is 1. The van der Waals surface area contributed by atoms with E-state index in [4.69, 9.17) is 11.6 Å². The van der Waals surface area contributed by atoms with Crippen molar-refractivity contribution in [2.24, 2.45) is 0 Å². The second-order valence-electron chi connectivity index (χ2n) is 1.99. The van der Waals surface area contributed by atoms with Gasteiger partial charge >= 0.3 is 0 Å². The van der Waals surface area contributed by atoms with E-state index in [0.29, 0.717) is 0 Å². The summed E-state index contributed by atoms with van der Waals surface area (Å²) in [7, 11) is 0. The molecule has 0 aliphatic carbocycles. The lowest BCUT2D eigenvalue weighted by Crippen LogP contribution is -2.35. The average molecular weight is 172 g/mol. The van der Waals surface area contributed by atoms with Gasteiger partial charge < -0.3 is 0 Å². The maximum atomic E-state index is 10.9. The molecule has 0 aromatic rings. The van der Waals surface area contributed by atoms with E-state index in [-0.39, 0.29) is 0 Å². The van der Waals surface area contributed by atoms with Crippen LogP contribution in [0.3, 0.4) is 0 Å². The third-order valence-electron chi connectivity index (χ3n) is 1.28. The maximum absolute atomic E-state index is 10.9. The van der Waals surface area contributed by atoms with Gasteiger partial charge in [0.1, 0.15) is 5.50 Å². The van der Waals surface area contributed by atoms with Crippen molar-refractivity contribution in [2.75, 3.05) is 0 Å². The van der Waals surface area contributed by atoms with Crippen LogP contribution in [0.1, 0.15) is 0 Å². The Bertz CT molecular complexity index is 229. The normalized spacial score (nSPS) is 19.2. The molecular weight excluding hydrogens is 166 g/mol. The zero-order valence-electron chi connectivity index (χ0n) is 5.66. The van der Waals surface area contributed by atoms with Gasteiger partial charge in [0, 0.05) is 12.2 Å². The van der Waals surface area contributed by atoms with Crippen LogP contribution in [0.2, 0.25) is 0 Å². The molecule has 4 heteroatoms. The number of alkyl halides is 1. The smallest absolute Gasteiger partial charge is 0.255 e. The number of carbonyl (C=O) groups excluding carboxylic acids is 2. The molecule has 2 amide bonds. The number of hydrogen-bond acceptors (Lipinski definition) is 2. The summed E-state index contributed by atoms with van der Waals surface area (Å²) < 4.78 is 0. The molecule has 0 saturated heterocycles. The molecular formula is C7H6ClNO2. The summed E-state index contributed by atoms with van der Waals surface area (Å²) in [5.41, 5.74) is -0.745. The third-order valence-corrected chi connectivity index (χ3v) is 1.66. The molecule has 1 heterocycles. The van der Waals surface area contributed by atoms with Crippen molar-refractivity contribution >= 4 is 23.4 Å². The van der Waals surface area contributed by atoms with E-state index in [9.17, 15) is 9.59 Å². The first-order valence-corrected chi connectivity index (χ1v) is 3.42. The van der Waals surface area contributed by atoms with E-state index >= 15 is 0 Å². The number of carbonyl (C=O) groups is 2. The molecule has 58 valence electrons. The lowest BCUT2D eigenvalue weighted by molar-refractivity contribution is -0.136. The molecule has 0 bridgehead atoms. The van der Waals surface area contributed by atoms with Gasteiger partial charge in [-0.25, -0.2) is 0 Å². The van der Waals surface area contributed by atoms with Crippen LogP contribution in [-0.2, 0) is 9.59 Å². The number of hydrogen-bond donors (Lipinski definition) is 0. The summed E-state index contributed by atoms with van der Waals surface area (Å²) in [5, 5.41) is 0. The van der Waals surface area contributed by atoms with Gasteiger partial charge in [0.05, 0.1) is 0 Å². The number of rotatable bonds is 2. The summed E-state index contributed by atoms with van der Waals surface area (Å²) in [6.07, 6.45) is 3.69. The van der Waals surface area contributed by atoms with Crippen LogP contribution < -0.4 is 0 Å². The number of halogens is 1. The summed E-state index contributed by atoms with van der Waals surface area (Å²) in [5.74, 6) is -0.787. The number of nitrogens with zero attached hydrogens (tertiary/aromatic N) is 1. The fourth-order valence-electron chi connectivity index (χ4n) is 0.760. The van der Waals surface area contributed by atoms with Gasteiger partial charge in [-0.05, 0) is 0 Å². The van der Waals surface area contributed by atoms with E-state index in [2.05, 4.69) is 6.58 Å². The van der Waals surface area contributed by atoms with Crippen molar-refractivity contribution in [2.45, 2.75) is 5.50 Å². The molecule has 0 aromatic carbocycles. The standard InChI is InChI=1S/C7H6ClNO2/c1-2-5(8)9-6(10)3-4-7(9)11/h2-5H,1H2. The van der Waals surface area contributed by atoms with Gasteiger partial charge in [-0.3, -0.25) is 14.5 Å². The van der Waals surface area contributed by atoms with E-state index in [1.807, 2.05) is 0 Å². The SMILES string of the molecule is C=CC(Cl)N1C(=O)C=CC1=O. The van der Waals surface area contributed by atoms with Gasteiger partial charge in [-0.1, -0.05) is 24.3 Å². The van der Waals surface area contributed by atoms with E-state index in [0.717, 1.165) is 4.90 Å². The van der Waals surface area contributed by atoms with Gasteiger partial charge in [0.15, 0.2) is 0 Å². The average Bonchev–Trinajstić information content (AvgIpc) is 2.30. The first-order chi connectivity index (χ1) is 5.16. The van der Waals surface area contributed by atoms with Crippen molar-refractivity contribution in [1.82, 2.24) is 4.90 Å². The Labute approximate surface area is 68.9 Å². The van der Waals surface area contributed by atoms with Crippen LogP contribution in [0, 0.1) is 0 Å². The molecule has 1 aliphatic rings. The van der Waals surface area contributed by atoms with Crippen LogP contribution in [0.4, 0.5) is 0 Å². The van der Waals surface area contributed by atoms with Crippen LogP contribution in [0.5, 0.6) is 0 Å². The minimum atomic E-state index is -0.745. The van der Waals surface area contributed by atoms with Crippen molar-refractivity contribution in [3.8, 4) is 0 Å². The van der Waals surface area contributed by atoms with Crippen molar-refractivity contribution in [3.05, 3.63) is 24.8 Å². The van der Waals surface area contributed by atoms with E-state index in [1.54, 1.807) is 0 Å². The summed E-state index contributed by atoms with van der Waals surface area (Å²) in [6, 6.07) is 0. The van der Waals surface area contributed by atoms with E-state index in [1.165, 1.54) is 18.2 Å². The topological polar surface area (TPSA) is 37.4 Å². The third kappa shape index (κ3) is 1.33. The summed E-state index contributed by atoms with van der Waals surface area (Å²) in [4.78, 5) is 22.7. The molecule has 0 spiro atoms. The largest absolute Gasteiger partial charge is 0.269 e. The quantitative estimate of drug-likeness (QED) is 0.265. The minimum absolute atomic E-state index is 0.394. The fourth-order valence-corrected chi connectivity index (χ4v) is 0.953. The monoisotopic (exact) mass is 171 g/mol. The summed E-state index contributed by atoms with van der Waals surface area (Å²) in [6.45, 7) is 3.37. The molecule has 11 heavy (non-hydrogen) atoms. The Morgan fingerprint density at radius 3 is 2.27 bits per heavy atom. The second-order valence-corrected chi connectivity index (χ2v) is 2.44. The van der Waals surface area contributed by atoms with Gasteiger partial charge in [-0.15, -0.1) is 0 Å². The first kappa shape index (κ1) is 8.01. The predicted molar refractivity (Wildman–Crippen MR) is 40.8 cm³/mol. The zero-order chi connectivity index (χ0) is 8.43. The lowest BCUT2D eigenvalue weighted by Gasteiger charge is -2.16. The van der Waals surface area contributed by atoms with Crippen LogP contribution >= 0.6 is 11.6 Å². The highest BCUT2D eigenvalue weighted by molar-refractivity contribution is 6.26. The van der Waals surface area contributed by atoms with Crippen LogP contribution in [-0.4, -0.2) is 22.2 Å². The molecule has 0 aromatic heterocycles. The Kier molecular flexibility index (Phi) is 2.10. The molecule has 0 fully saturated rings. The highest BCUT2D eigenvalue weighted by Crippen LogP contribution is 2.12. The lowest BCUT2D eigenvalue weighted by atomic mass is 10.5. The predicted octanol–water partition coefficient (Wildman–Crippen LogP) is 0.662. The van der Waals surface area contributed by atoms with E-state index < -0.39 is 17.3 Å². The number of amides is 2. The Morgan fingerprint density at radius 1 is 1.45 bits per heavy atom. The van der Waals surface area contributed by atoms with Crippen LogP contribution in [0.15, 0.2) is 24.8 Å². The highest BCUT2D eigenvalue weighted by Gasteiger charge is 2.27. The van der Waals surface area contributed by atoms with Crippen LogP contribution in [0.25, 0.3) is 0 Å². The second kappa shape index (κ2) is 2.88. The van der Waals surface area contributed by atoms with Crippen molar-refractivity contribution in [1.29, 1.82) is 0 Å². The summed E-state index contributed by atoms with van der Waals surface area (Å²) >= 11 is 5.59. The highest BCUT2D eigenvalue weighted by atomic mass is 35.5. The van der Waals surface area contributed by atoms with Gasteiger partial charge in [0.25, 0.3) is 11.8 Å². The molecule has 1 aliphatic heterocycles. The van der Waals surface area contributed by atoms with Crippen molar-refractivity contribution in [3.63, 3.8) is 0 Å². The minimum Gasteiger partial charge on any atom is -0.269 e. The Balaban J connectivity index is 2.81. The zero-order valence-corrected chi connectivity index (χ0v) is 6.41. The maximum Gasteiger partial charge on any atom is 0.255 e. The molecule has 1 atom stereocenters. The Morgan fingerprint density at radius 2 is 1.91 bits per heavy atom. The molecule has 3 nitrogen and oxygen atoms in total. The Hall–Kier alpha value is -1.09. The molecule has 0 saturated carbocycles. The van der Waals surface area contributed by atoms with Crippen molar-refractivity contribution < 1.29 is 9.59 Å². The van der Waals surface area contributed by atoms with Gasteiger partial charge in [-0.2, -0.15) is 0 Å².